The van der Waals surface area contributed by atoms with Crippen LogP contribution in [-0.4, -0.2) is 25.3 Å². The lowest BCUT2D eigenvalue weighted by Gasteiger charge is -2.15. The molecule has 108 valence electrons. The van der Waals surface area contributed by atoms with Gasteiger partial charge >= 0.3 is 0 Å². The molecule has 0 atom stereocenters. The molecule has 0 N–H and O–H groups in total. The van der Waals surface area contributed by atoms with E-state index in [1.807, 2.05) is 34.6 Å². The minimum atomic E-state index is -0.843. The van der Waals surface area contributed by atoms with Gasteiger partial charge in [-0.05, 0) is 27.7 Å². The average molecular weight is 268 g/mol. The van der Waals surface area contributed by atoms with E-state index in [9.17, 15) is 4.79 Å². The summed E-state index contributed by atoms with van der Waals surface area (Å²) < 4.78 is 16.4. The van der Waals surface area contributed by atoms with Gasteiger partial charge in [0.05, 0.1) is 5.56 Å². The first-order valence-corrected chi connectivity index (χ1v) is 6.81. The minimum Gasteiger partial charge on any atom is -0.465 e. The molecule has 0 radical (unpaired) electrons. The van der Waals surface area contributed by atoms with Gasteiger partial charge in [-0.1, -0.05) is 13.8 Å². The standard InChI is InChI=1S/C15H24O4/c1-7-17-15(18-8-2)13(16)12-10(5)14(9(3)4)19-11(12)6/h9,15H,7-8H2,1-6H3. The van der Waals surface area contributed by atoms with Crippen LogP contribution in [-0.2, 0) is 9.47 Å². The second-order valence-electron chi connectivity index (χ2n) is 4.78. The van der Waals surface area contributed by atoms with Gasteiger partial charge in [0.15, 0.2) is 0 Å². The van der Waals surface area contributed by atoms with Gasteiger partial charge in [0.1, 0.15) is 11.5 Å². The van der Waals surface area contributed by atoms with Crippen molar-refractivity contribution < 1.29 is 18.7 Å². The first-order valence-electron chi connectivity index (χ1n) is 6.81. The van der Waals surface area contributed by atoms with E-state index in [2.05, 4.69) is 0 Å². The molecule has 0 unspecified atom stereocenters. The molecule has 1 aromatic rings. The summed E-state index contributed by atoms with van der Waals surface area (Å²) in [5.74, 6) is 1.58. The Morgan fingerprint density at radius 2 is 1.68 bits per heavy atom. The number of carbonyl (C=O) groups is 1. The average Bonchev–Trinajstić information content (AvgIpc) is 2.64. The maximum absolute atomic E-state index is 12.5. The van der Waals surface area contributed by atoms with Crippen LogP contribution in [0.5, 0.6) is 0 Å². The monoisotopic (exact) mass is 268 g/mol. The maximum Gasteiger partial charge on any atom is 0.222 e. The molecule has 0 spiro atoms. The predicted molar refractivity (Wildman–Crippen MR) is 73.6 cm³/mol. The lowest BCUT2D eigenvalue weighted by molar-refractivity contribution is -0.107. The molecule has 1 heterocycles. The first kappa shape index (κ1) is 15.9. The third-order valence-electron chi connectivity index (χ3n) is 2.98. The van der Waals surface area contributed by atoms with Gasteiger partial charge in [-0.15, -0.1) is 0 Å². The largest absolute Gasteiger partial charge is 0.465 e. The molecular weight excluding hydrogens is 244 g/mol. The van der Waals surface area contributed by atoms with Crippen molar-refractivity contribution in [3.63, 3.8) is 0 Å². The smallest absolute Gasteiger partial charge is 0.222 e. The molecule has 0 aliphatic heterocycles. The van der Waals surface area contributed by atoms with Crippen molar-refractivity contribution in [2.24, 2.45) is 0 Å². The summed E-state index contributed by atoms with van der Waals surface area (Å²) in [6, 6.07) is 0. The molecule has 19 heavy (non-hydrogen) atoms. The third kappa shape index (κ3) is 3.45. The number of Topliss-reactive ketones (excluding diaryl/α,β-unsaturated/α-hetero) is 1. The van der Waals surface area contributed by atoms with Crippen LogP contribution in [0.2, 0.25) is 0 Å². The number of furan rings is 1. The van der Waals surface area contributed by atoms with E-state index >= 15 is 0 Å². The fourth-order valence-electron chi connectivity index (χ4n) is 2.21. The number of ketones is 1. The van der Waals surface area contributed by atoms with E-state index in [1.165, 1.54) is 0 Å². The van der Waals surface area contributed by atoms with Crippen LogP contribution < -0.4 is 0 Å². The molecule has 0 amide bonds. The molecule has 4 nitrogen and oxygen atoms in total. The van der Waals surface area contributed by atoms with Crippen molar-refractivity contribution >= 4 is 5.78 Å². The van der Waals surface area contributed by atoms with Crippen molar-refractivity contribution in [2.75, 3.05) is 13.2 Å². The highest BCUT2D eigenvalue weighted by Crippen LogP contribution is 2.29. The molecule has 0 aliphatic carbocycles. The number of hydrogen-bond donors (Lipinski definition) is 0. The van der Waals surface area contributed by atoms with Crippen molar-refractivity contribution in [3.8, 4) is 0 Å². The summed E-state index contributed by atoms with van der Waals surface area (Å²) in [5, 5.41) is 0. The Bertz CT molecular complexity index is 426. The molecule has 0 aliphatic rings. The van der Waals surface area contributed by atoms with Crippen molar-refractivity contribution in [2.45, 2.75) is 53.8 Å². The van der Waals surface area contributed by atoms with Crippen LogP contribution in [0.3, 0.4) is 0 Å². The summed E-state index contributed by atoms with van der Waals surface area (Å²) in [6.07, 6.45) is -0.843. The van der Waals surface area contributed by atoms with Gasteiger partial charge in [0, 0.05) is 24.7 Å². The van der Waals surface area contributed by atoms with Crippen molar-refractivity contribution in [1.29, 1.82) is 0 Å². The highest BCUT2D eigenvalue weighted by atomic mass is 16.7. The molecule has 0 saturated heterocycles. The minimum absolute atomic E-state index is 0.158. The second-order valence-corrected chi connectivity index (χ2v) is 4.78. The van der Waals surface area contributed by atoms with Gasteiger partial charge in [0.25, 0.3) is 0 Å². The van der Waals surface area contributed by atoms with E-state index in [0.717, 1.165) is 11.3 Å². The van der Waals surface area contributed by atoms with E-state index in [0.29, 0.717) is 24.5 Å². The Kier molecular flexibility index (Phi) is 5.76. The number of rotatable bonds is 7. The quantitative estimate of drug-likeness (QED) is 0.560. The Morgan fingerprint density at radius 3 is 2.05 bits per heavy atom. The molecule has 0 saturated carbocycles. The SMILES string of the molecule is CCOC(OCC)C(=O)c1c(C)oc(C(C)C)c1C. The lowest BCUT2D eigenvalue weighted by Crippen LogP contribution is -2.28. The fraction of sp³-hybridized carbons (Fsp3) is 0.667. The van der Waals surface area contributed by atoms with Crippen molar-refractivity contribution in [1.82, 2.24) is 0 Å². The van der Waals surface area contributed by atoms with Crippen LogP contribution in [0, 0.1) is 13.8 Å². The lowest BCUT2D eigenvalue weighted by atomic mass is 10.0. The zero-order valence-corrected chi connectivity index (χ0v) is 12.7. The topological polar surface area (TPSA) is 48.7 Å². The normalized spacial score (nSPS) is 11.6. The van der Waals surface area contributed by atoms with Crippen molar-refractivity contribution in [3.05, 3.63) is 22.6 Å². The number of carbonyl (C=O) groups excluding carboxylic acids is 1. The first-order chi connectivity index (χ1) is 8.93. The van der Waals surface area contributed by atoms with E-state index in [-0.39, 0.29) is 11.7 Å². The predicted octanol–water partition coefficient (Wildman–Crippen LogP) is 3.60. The molecule has 0 aromatic carbocycles. The zero-order chi connectivity index (χ0) is 14.6. The molecule has 0 fully saturated rings. The highest BCUT2D eigenvalue weighted by molar-refractivity contribution is 6.01. The summed E-state index contributed by atoms with van der Waals surface area (Å²) in [5.41, 5.74) is 1.48. The van der Waals surface area contributed by atoms with Crippen LogP contribution in [0.1, 0.15) is 61.1 Å². The summed E-state index contributed by atoms with van der Waals surface area (Å²) >= 11 is 0. The second kappa shape index (κ2) is 6.87. The maximum atomic E-state index is 12.5. The highest BCUT2D eigenvalue weighted by Gasteiger charge is 2.28. The van der Waals surface area contributed by atoms with Gasteiger partial charge in [0.2, 0.25) is 12.1 Å². The Hall–Kier alpha value is -1.13. The molecular formula is C15H24O4. The van der Waals surface area contributed by atoms with E-state index in [1.54, 1.807) is 6.92 Å². The third-order valence-corrected chi connectivity index (χ3v) is 2.98. The number of ether oxygens (including phenoxy) is 2. The van der Waals surface area contributed by atoms with E-state index in [4.69, 9.17) is 13.9 Å². The van der Waals surface area contributed by atoms with Gasteiger partial charge in [-0.3, -0.25) is 4.79 Å². The molecule has 4 heteroatoms. The Balaban J connectivity index is 3.10. The number of hydrogen-bond acceptors (Lipinski definition) is 4. The molecule has 0 bridgehead atoms. The van der Waals surface area contributed by atoms with Crippen LogP contribution in [0.25, 0.3) is 0 Å². The summed E-state index contributed by atoms with van der Waals surface area (Å²) in [4.78, 5) is 12.5. The number of aryl methyl sites for hydroxylation is 1. The van der Waals surface area contributed by atoms with E-state index < -0.39 is 6.29 Å². The van der Waals surface area contributed by atoms with Gasteiger partial charge in [-0.25, -0.2) is 0 Å². The summed E-state index contributed by atoms with van der Waals surface area (Å²) in [6.45, 7) is 12.4. The van der Waals surface area contributed by atoms with Gasteiger partial charge in [-0.2, -0.15) is 0 Å². The summed E-state index contributed by atoms with van der Waals surface area (Å²) in [7, 11) is 0. The van der Waals surface area contributed by atoms with Crippen LogP contribution in [0.4, 0.5) is 0 Å². The van der Waals surface area contributed by atoms with Crippen LogP contribution in [0.15, 0.2) is 4.42 Å². The molecule has 1 aromatic heterocycles. The fourth-order valence-corrected chi connectivity index (χ4v) is 2.21. The molecule has 1 rings (SSSR count). The Morgan fingerprint density at radius 1 is 1.16 bits per heavy atom. The Labute approximate surface area is 115 Å². The zero-order valence-electron chi connectivity index (χ0n) is 12.7. The van der Waals surface area contributed by atoms with Crippen LogP contribution >= 0.6 is 0 Å². The van der Waals surface area contributed by atoms with Gasteiger partial charge < -0.3 is 13.9 Å².